The van der Waals surface area contributed by atoms with E-state index in [-0.39, 0.29) is 5.95 Å². The van der Waals surface area contributed by atoms with Crippen molar-refractivity contribution in [2.24, 2.45) is 0 Å². The van der Waals surface area contributed by atoms with Crippen LogP contribution in [-0.4, -0.2) is 19.1 Å². The molecule has 0 bridgehead atoms. The van der Waals surface area contributed by atoms with Gasteiger partial charge >= 0.3 is 0 Å². The molecule has 0 atom stereocenters. The summed E-state index contributed by atoms with van der Waals surface area (Å²) in [5.74, 6) is 0.258. The predicted molar refractivity (Wildman–Crippen MR) is 161 cm³/mol. The van der Waals surface area contributed by atoms with E-state index in [9.17, 15) is 0 Å². The van der Waals surface area contributed by atoms with Crippen molar-refractivity contribution < 1.29 is 0 Å². The summed E-state index contributed by atoms with van der Waals surface area (Å²) in [5.41, 5.74) is 14.5. The zero-order chi connectivity index (χ0) is 25.9. The fraction of sp³-hybridized carbons (Fsp3) is 0. The van der Waals surface area contributed by atoms with Crippen molar-refractivity contribution in [1.29, 1.82) is 0 Å². The van der Waals surface area contributed by atoms with Crippen LogP contribution in [0.3, 0.4) is 0 Å². The number of nitrogens with zero attached hydrogens (tertiary/aromatic N) is 4. The third-order valence-electron chi connectivity index (χ3n) is 7.55. The number of nitrogen functional groups attached to an aromatic ring is 1. The van der Waals surface area contributed by atoms with Gasteiger partial charge in [0.05, 0.1) is 27.8 Å². The van der Waals surface area contributed by atoms with Crippen molar-refractivity contribution in [3.8, 4) is 22.6 Å². The van der Waals surface area contributed by atoms with Gasteiger partial charge in [-0.25, -0.2) is 9.97 Å². The Hall–Kier alpha value is -5.42. The van der Waals surface area contributed by atoms with E-state index in [1.807, 2.05) is 6.07 Å². The van der Waals surface area contributed by atoms with Gasteiger partial charge < -0.3 is 14.9 Å². The molecule has 0 amide bonds. The van der Waals surface area contributed by atoms with Crippen molar-refractivity contribution >= 4 is 49.6 Å². The molecule has 5 aromatic carbocycles. The molecule has 0 aliphatic rings. The number of anilines is 1. The van der Waals surface area contributed by atoms with E-state index >= 15 is 0 Å². The highest BCUT2D eigenvalue weighted by molar-refractivity contribution is 6.10. The Bertz CT molecular complexity index is 1960. The lowest BCUT2D eigenvalue weighted by molar-refractivity contribution is 1.13. The van der Waals surface area contributed by atoms with Crippen LogP contribution in [0.5, 0.6) is 0 Å². The second-order valence-corrected chi connectivity index (χ2v) is 9.78. The molecule has 8 rings (SSSR count). The molecule has 0 aliphatic carbocycles. The smallest absolute Gasteiger partial charge is 0.220 e. The summed E-state index contributed by atoms with van der Waals surface area (Å²) in [6.07, 6.45) is 1.71. The molecule has 2 N–H and O–H groups in total. The molecule has 5 nitrogen and oxygen atoms in total. The van der Waals surface area contributed by atoms with Crippen molar-refractivity contribution in [1.82, 2.24) is 19.1 Å². The van der Waals surface area contributed by atoms with Crippen molar-refractivity contribution in [3.63, 3.8) is 0 Å². The SMILES string of the molecule is Nc1nccc(-c2cc(-n3c4ccccc4c4ccccc43)cc(-n3c4ccccc4c4ccccc43)c2)n1. The lowest BCUT2D eigenvalue weighted by Crippen LogP contribution is -2.01. The molecule has 3 heterocycles. The zero-order valence-electron chi connectivity index (χ0n) is 21.0. The molecule has 184 valence electrons. The Kier molecular flexibility index (Phi) is 4.60. The minimum Gasteiger partial charge on any atom is -0.368 e. The standard InChI is InChI=1S/C34H23N5/c35-34-36-18-17-29(37-34)22-19-23(38-30-13-5-1-9-25(30)26-10-2-6-14-31(26)38)21-24(20-22)39-32-15-7-3-11-27(32)28-12-4-8-16-33(28)39/h1-21H,(H2,35,36,37). The largest absolute Gasteiger partial charge is 0.368 e. The molecule has 39 heavy (non-hydrogen) atoms. The lowest BCUT2D eigenvalue weighted by atomic mass is 10.1. The average molecular weight is 502 g/mol. The first-order valence-electron chi connectivity index (χ1n) is 13.0. The van der Waals surface area contributed by atoms with Gasteiger partial charge in [-0.3, -0.25) is 0 Å². The molecular weight excluding hydrogens is 478 g/mol. The van der Waals surface area contributed by atoms with Gasteiger partial charge in [0.1, 0.15) is 0 Å². The van der Waals surface area contributed by atoms with Crippen LogP contribution >= 0.6 is 0 Å². The van der Waals surface area contributed by atoms with Crippen molar-refractivity contribution in [3.05, 3.63) is 128 Å². The van der Waals surface area contributed by atoms with Gasteiger partial charge in [0.15, 0.2) is 0 Å². The number of nitrogens with two attached hydrogens (primary N) is 1. The highest BCUT2D eigenvalue weighted by atomic mass is 15.0. The molecular formula is C34H23N5. The Morgan fingerprint density at radius 2 is 0.897 bits per heavy atom. The summed E-state index contributed by atoms with van der Waals surface area (Å²) >= 11 is 0. The van der Waals surface area contributed by atoms with Crippen molar-refractivity contribution in [2.75, 3.05) is 5.73 Å². The molecule has 3 aromatic heterocycles. The quantitative estimate of drug-likeness (QED) is 0.267. The summed E-state index contributed by atoms with van der Waals surface area (Å²) in [5, 5.41) is 4.90. The summed E-state index contributed by atoms with van der Waals surface area (Å²) in [4.78, 5) is 8.72. The first-order valence-corrected chi connectivity index (χ1v) is 13.0. The minimum atomic E-state index is 0.258. The summed E-state index contributed by atoms with van der Waals surface area (Å²) in [6.45, 7) is 0. The highest BCUT2D eigenvalue weighted by Crippen LogP contribution is 2.37. The molecule has 0 aliphatic heterocycles. The van der Waals surface area contributed by atoms with Crippen LogP contribution in [0.1, 0.15) is 0 Å². The van der Waals surface area contributed by atoms with E-state index < -0.39 is 0 Å². The number of hydrogen-bond acceptors (Lipinski definition) is 3. The number of hydrogen-bond donors (Lipinski definition) is 1. The normalized spacial score (nSPS) is 11.7. The molecule has 0 radical (unpaired) electrons. The maximum absolute atomic E-state index is 6.03. The molecule has 0 fully saturated rings. The van der Waals surface area contributed by atoms with E-state index in [1.54, 1.807) is 6.20 Å². The predicted octanol–water partition coefficient (Wildman–Crippen LogP) is 7.92. The Balaban J connectivity index is 1.51. The molecule has 8 aromatic rings. The Morgan fingerprint density at radius 1 is 0.487 bits per heavy atom. The molecule has 0 unspecified atom stereocenters. The fourth-order valence-corrected chi connectivity index (χ4v) is 5.94. The van der Waals surface area contributed by atoms with Gasteiger partial charge in [0, 0.05) is 44.7 Å². The van der Waals surface area contributed by atoms with Crippen LogP contribution in [0.2, 0.25) is 0 Å². The minimum absolute atomic E-state index is 0.258. The van der Waals surface area contributed by atoms with Crippen LogP contribution in [-0.2, 0) is 0 Å². The lowest BCUT2D eigenvalue weighted by Gasteiger charge is -2.15. The van der Waals surface area contributed by atoms with Crippen LogP contribution in [0.15, 0.2) is 128 Å². The third-order valence-corrected chi connectivity index (χ3v) is 7.55. The molecule has 0 saturated heterocycles. The van der Waals surface area contributed by atoms with Crippen LogP contribution in [0, 0.1) is 0 Å². The van der Waals surface area contributed by atoms with Gasteiger partial charge in [-0.05, 0) is 48.5 Å². The fourth-order valence-electron chi connectivity index (χ4n) is 5.94. The van der Waals surface area contributed by atoms with E-state index in [2.05, 4.69) is 134 Å². The van der Waals surface area contributed by atoms with E-state index in [4.69, 9.17) is 5.73 Å². The monoisotopic (exact) mass is 501 g/mol. The summed E-state index contributed by atoms with van der Waals surface area (Å²) < 4.78 is 4.69. The Morgan fingerprint density at radius 3 is 1.31 bits per heavy atom. The second kappa shape index (κ2) is 8.30. The first-order chi connectivity index (χ1) is 19.3. The average Bonchev–Trinajstić information content (AvgIpc) is 3.50. The van der Waals surface area contributed by atoms with Crippen LogP contribution < -0.4 is 5.73 Å². The van der Waals surface area contributed by atoms with Gasteiger partial charge in [-0.1, -0.05) is 72.8 Å². The van der Waals surface area contributed by atoms with E-state index in [0.717, 1.165) is 44.7 Å². The Labute approximate surface area is 224 Å². The summed E-state index contributed by atoms with van der Waals surface area (Å²) in [6, 6.07) is 42.9. The van der Waals surface area contributed by atoms with E-state index in [1.165, 1.54) is 21.5 Å². The molecule has 0 spiro atoms. The van der Waals surface area contributed by atoms with Gasteiger partial charge in [-0.2, -0.15) is 0 Å². The number of para-hydroxylation sites is 4. The second-order valence-electron chi connectivity index (χ2n) is 9.78. The zero-order valence-corrected chi connectivity index (χ0v) is 21.0. The van der Waals surface area contributed by atoms with E-state index in [0.29, 0.717) is 0 Å². The number of aromatic nitrogens is 4. The van der Waals surface area contributed by atoms with Gasteiger partial charge in [-0.15, -0.1) is 0 Å². The third kappa shape index (κ3) is 3.27. The van der Waals surface area contributed by atoms with Gasteiger partial charge in [0.25, 0.3) is 0 Å². The molecule has 5 heteroatoms. The van der Waals surface area contributed by atoms with Crippen LogP contribution in [0.4, 0.5) is 5.95 Å². The van der Waals surface area contributed by atoms with Crippen molar-refractivity contribution in [2.45, 2.75) is 0 Å². The highest BCUT2D eigenvalue weighted by Gasteiger charge is 2.17. The number of fused-ring (bicyclic) bond motifs is 6. The first kappa shape index (κ1) is 21.6. The summed E-state index contributed by atoms with van der Waals surface area (Å²) in [7, 11) is 0. The topological polar surface area (TPSA) is 61.7 Å². The maximum atomic E-state index is 6.03. The number of rotatable bonds is 3. The number of benzene rings is 5. The maximum Gasteiger partial charge on any atom is 0.220 e. The molecule has 0 saturated carbocycles. The van der Waals surface area contributed by atoms with Gasteiger partial charge in [0.2, 0.25) is 5.95 Å². The van der Waals surface area contributed by atoms with Crippen LogP contribution in [0.25, 0.3) is 66.2 Å².